The molecule has 4 N–H and O–H groups in total. The van der Waals surface area contributed by atoms with Gasteiger partial charge < -0.3 is 11.5 Å². The van der Waals surface area contributed by atoms with Crippen LogP contribution < -0.4 is 11.5 Å². The average Bonchev–Trinajstić information content (AvgIpc) is 2.48. The van der Waals surface area contributed by atoms with Gasteiger partial charge in [-0.1, -0.05) is 24.3 Å². The highest BCUT2D eigenvalue weighted by Gasteiger charge is 2.64. The van der Waals surface area contributed by atoms with Crippen molar-refractivity contribution in [3.8, 4) is 11.1 Å². The fourth-order valence-corrected chi connectivity index (χ4v) is 1.47. The number of rotatable bonds is 2. The smallest absolute Gasteiger partial charge is 0.399 e. The molecule has 0 fully saturated rings. The van der Waals surface area contributed by atoms with Gasteiger partial charge in [-0.05, 0) is 35.4 Å². The Morgan fingerprint density at radius 3 is 1.08 bits per heavy atom. The van der Waals surface area contributed by atoms with E-state index in [4.69, 9.17) is 11.5 Å². The number of hydrogen-bond acceptors (Lipinski definition) is 2. The topological polar surface area (TPSA) is 52.0 Å². The SMILES string of the molecule is FC(F)C(F)(F)C(F)(F)F.Nc1ccc(-c2ccc(N)cc2)cc1. The van der Waals surface area contributed by atoms with Gasteiger partial charge >= 0.3 is 18.5 Å². The van der Waals surface area contributed by atoms with Gasteiger partial charge in [-0.15, -0.1) is 0 Å². The number of anilines is 2. The molecule has 0 unspecified atom stereocenters. The molecule has 9 heteroatoms. The second kappa shape index (κ2) is 7.41. The van der Waals surface area contributed by atoms with Crippen molar-refractivity contribution in [1.82, 2.24) is 0 Å². The van der Waals surface area contributed by atoms with E-state index in [1.54, 1.807) is 0 Å². The summed E-state index contributed by atoms with van der Waals surface area (Å²) in [5, 5.41) is 0. The highest BCUT2D eigenvalue weighted by molar-refractivity contribution is 5.67. The molecule has 2 aromatic rings. The van der Waals surface area contributed by atoms with Crippen LogP contribution in [0.4, 0.5) is 42.1 Å². The summed E-state index contributed by atoms with van der Waals surface area (Å²) in [6, 6.07) is 15.6. The number of halogens is 7. The molecule has 0 spiro atoms. The number of benzene rings is 2. The fourth-order valence-electron chi connectivity index (χ4n) is 1.47. The third-order valence-electron chi connectivity index (χ3n) is 2.81. The average molecular weight is 354 g/mol. The van der Waals surface area contributed by atoms with Crippen LogP contribution in [0.3, 0.4) is 0 Å². The van der Waals surface area contributed by atoms with Gasteiger partial charge in [0.1, 0.15) is 0 Å². The Hall–Kier alpha value is -2.45. The van der Waals surface area contributed by atoms with Crippen molar-refractivity contribution in [1.29, 1.82) is 0 Å². The first-order valence-electron chi connectivity index (χ1n) is 6.39. The second-order valence-electron chi connectivity index (χ2n) is 4.67. The molecule has 0 saturated heterocycles. The van der Waals surface area contributed by atoms with E-state index >= 15 is 0 Å². The van der Waals surface area contributed by atoms with Gasteiger partial charge in [0.25, 0.3) is 0 Å². The van der Waals surface area contributed by atoms with Crippen molar-refractivity contribution in [2.24, 2.45) is 0 Å². The van der Waals surface area contributed by atoms with E-state index in [9.17, 15) is 30.7 Å². The lowest BCUT2D eigenvalue weighted by molar-refractivity contribution is -0.320. The Balaban J connectivity index is 0.000000257. The minimum atomic E-state index is -6.17. The summed E-state index contributed by atoms with van der Waals surface area (Å²) < 4.78 is 76.6. The summed E-state index contributed by atoms with van der Waals surface area (Å²) in [4.78, 5) is 0. The summed E-state index contributed by atoms with van der Waals surface area (Å²) in [7, 11) is 0. The van der Waals surface area contributed by atoms with Crippen molar-refractivity contribution in [3.63, 3.8) is 0 Å². The maximum atomic E-state index is 11.2. The molecule has 0 radical (unpaired) electrons. The van der Waals surface area contributed by atoms with Crippen molar-refractivity contribution >= 4 is 11.4 Å². The standard InChI is InChI=1S/C12H12N2.C3HF7/c13-11-5-1-9(2-6-11)10-3-7-12(14)8-4-10;4-1(5)2(6,7)3(8,9)10/h1-8H,13-14H2;1H. The van der Waals surface area contributed by atoms with Crippen LogP contribution in [0.25, 0.3) is 11.1 Å². The van der Waals surface area contributed by atoms with Crippen LogP contribution in [0, 0.1) is 0 Å². The molecule has 0 amide bonds. The molecule has 0 aliphatic heterocycles. The van der Waals surface area contributed by atoms with Crippen molar-refractivity contribution in [2.75, 3.05) is 11.5 Å². The van der Waals surface area contributed by atoms with Crippen molar-refractivity contribution in [3.05, 3.63) is 48.5 Å². The highest BCUT2D eigenvalue weighted by atomic mass is 19.4. The lowest BCUT2D eigenvalue weighted by Crippen LogP contribution is -2.42. The molecule has 0 aliphatic carbocycles. The monoisotopic (exact) mass is 354 g/mol. The number of hydrogen-bond donors (Lipinski definition) is 2. The summed E-state index contributed by atoms with van der Waals surface area (Å²) in [6.07, 6.45) is -10.9. The van der Waals surface area contributed by atoms with Gasteiger partial charge in [0.2, 0.25) is 0 Å². The first kappa shape index (κ1) is 19.6. The largest absolute Gasteiger partial charge is 0.459 e. The molecule has 24 heavy (non-hydrogen) atoms. The Morgan fingerprint density at radius 1 is 0.625 bits per heavy atom. The Kier molecular flexibility index (Phi) is 6.05. The summed E-state index contributed by atoms with van der Waals surface area (Å²) in [5.74, 6) is -5.90. The Labute approximate surface area is 132 Å². The quantitative estimate of drug-likeness (QED) is 0.591. The van der Waals surface area contributed by atoms with Gasteiger partial charge in [-0.25, -0.2) is 8.78 Å². The zero-order chi connectivity index (χ0) is 18.5. The zero-order valence-electron chi connectivity index (χ0n) is 12.0. The molecular formula is C15H13F7N2. The van der Waals surface area contributed by atoms with E-state index in [0.717, 1.165) is 22.5 Å². The molecule has 0 aliphatic rings. The summed E-state index contributed by atoms with van der Waals surface area (Å²) in [5.41, 5.74) is 15.1. The predicted molar refractivity (Wildman–Crippen MR) is 77.7 cm³/mol. The van der Waals surface area contributed by atoms with Crippen LogP contribution in [0.5, 0.6) is 0 Å². The Bertz CT molecular complexity index is 591. The molecule has 2 rings (SSSR count). The number of alkyl halides is 7. The fraction of sp³-hybridized carbons (Fsp3) is 0.200. The van der Waals surface area contributed by atoms with E-state index < -0.39 is 18.5 Å². The van der Waals surface area contributed by atoms with Gasteiger partial charge in [0, 0.05) is 11.4 Å². The maximum Gasteiger partial charge on any atom is 0.459 e. The van der Waals surface area contributed by atoms with Crippen molar-refractivity contribution < 1.29 is 30.7 Å². The van der Waals surface area contributed by atoms with Crippen LogP contribution in [-0.4, -0.2) is 18.5 Å². The second-order valence-corrected chi connectivity index (χ2v) is 4.67. The molecule has 2 nitrogen and oxygen atoms in total. The molecule has 132 valence electrons. The van der Waals surface area contributed by atoms with Gasteiger partial charge in [-0.3, -0.25) is 0 Å². The minimum absolute atomic E-state index is 0.782. The minimum Gasteiger partial charge on any atom is -0.399 e. The van der Waals surface area contributed by atoms with E-state index in [-0.39, 0.29) is 0 Å². The molecular weight excluding hydrogens is 341 g/mol. The first-order chi connectivity index (χ1) is 10.9. The van der Waals surface area contributed by atoms with E-state index in [2.05, 4.69) is 0 Å². The van der Waals surface area contributed by atoms with Crippen LogP contribution in [-0.2, 0) is 0 Å². The third-order valence-corrected chi connectivity index (χ3v) is 2.81. The molecule has 0 aromatic heterocycles. The van der Waals surface area contributed by atoms with Crippen LogP contribution in [0.1, 0.15) is 0 Å². The maximum absolute atomic E-state index is 11.2. The lowest BCUT2D eigenvalue weighted by atomic mass is 10.1. The third kappa shape index (κ3) is 5.04. The predicted octanol–water partition coefficient (Wildman–Crippen LogP) is 4.97. The zero-order valence-corrected chi connectivity index (χ0v) is 12.0. The Morgan fingerprint density at radius 2 is 0.917 bits per heavy atom. The molecule has 2 aromatic carbocycles. The van der Waals surface area contributed by atoms with Gasteiger partial charge in [0.05, 0.1) is 0 Å². The van der Waals surface area contributed by atoms with Crippen LogP contribution >= 0.6 is 0 Å². The lowest BCUT2D eigenvalue weighted by Gasteiger charge is -2.17. The first-order valence-corrected chi connectivity index (χ1v) is 6.39. The highest BCUT2D eigenvalue weighted by Crippen LogP contribution is 2.39. The van der Waals surface area contributed by atoms with E-state index in [1.807, 2.05) is 48.5 Å². The molecule has 0 saturated carbocycles. The van der Waals surface area contributed by atoms with E-state index in [0.29, 0.717) is 0 Å². The van der Waals surface area contributed by atoms with Crippen molar-refractivity contribution in [2.45, 2.75) is 18.5 Å². The van der Waals surface area contributed by atoms with Crippen LogP contribution in [0.2, 0.25) is 0 Å². The van der Waals surface area contributed by atoms with Gasteiger partial charge in [0.15, 0.2) is 0 Å². The molecule has 0 atom stereocenters. The normalized spacial score (nSPS) is 11.8. The molecule has 0 bridgehead atoms. The van der Waals surface area contributed by atoms with Crippen LogP contribution in [0.15, 0.2) is 48.5 Å². The summed E-state index contributed by atoms with van der Waals surface area (Å²) in [6.45, 7) is 0. The van der Waals surface area contributed by atoms with E-state index in [1.165, 1.54) is 0 Å². The molecule has 0 heterocycles. The van der Waals surface area contributed by atoms with Gasteiger partial charge in [-0.2, -0.15) is 22.0 Å². The summed E-state index contributed by atoms with van der Waals surface area (Å²) >= 11 is 0. The number of nitrogen functional groups attached to an aromatic ring is 2. The number of nitrogens with two attached hydrogens (primary N) is 2.